The van der Waals surface area contributed by atoms with Gasteiger partial charge in [-0.25, -0.2) is 5.43 Å². The molecule has 1 heterocycles. The van der Waals surface area contributed by atoms with Gasteiger partial charge in [-0.05, 0) is 23.8 Å². The fourth-order valence-electron chi connectivity index (χ4n) is 1.46. The monoisotopic (exact) mass is 215 g/mol. The average molecular weight is 215 g/mol. The van der Waals surface area contributed by atoms with Crippen molar-refractivity contribution in [1.29, 1.82) is 0 Å². The molecule has 0 bridgehead atoms. The van der Waals surface area contributed by atoms with Crippen LogP contribution in [0.2, 0.25) is 0 Å². The number of anilines is 1. The van der Waals surface area contributed by atoms with Gasteiger partial charge >= 0.3 is 0 Å². The summed E-state index contributed by atoms with van der Waals surface area (Å²) in [6.45, 7) is 0. The highest BCUT2D eigenvalue weighted by Gasteiger charge is 2.08. The molecular weight excluding hydrogens is 202 g/mol. The van der Waals surface area contributed by atoms with E-state index < -0.39 is 0 Å². The molecular formula is C12H13N3O. The van der Waals surface area contributed by atoms with Crippen LogP contribution in [0.15, 0.2) is 35.4 Å². The fourth-order valence-corrected chi connectivity index (χ4v) is 1.46. The summed E-state index contributed by atoms with van der Waals surface area (Å²) in [5, 5.41) is 3.95. The average Bonchev–Trinajstić information content (AvgIpc) is 2.28. The smallest absolute Gasteiger partial charge is 0.240 e. The molecule has 1 aromatic carbocycles. The Bertz CT molecular complexity index is 463. The minimum atomic E-state index is -0.0268. The van der Waals surface area contributed by atoms with Crippen LogP contribution < -0.4 is 11.2 Å². The number of allylic oxidation sites excluding steroid dienone is 1. The predicted octanol–water partition coefficient (Wildman–Crippen LogP) is 1.55. The Morgan fingerprint density at radius 1 is 1.31 bits per heavy atom. The number of nitrogen functional groups attached to an aromatic ring is 1. The summed E-state index contributed by atoms with van der Waals surface area (Å²) in [6.07, 6.45) is 5.02. The van der Waals surface area contributed by atoms with Crippen molar-refractivity contribution >= 4 is 23.4 Å². The van der Waals surface area contributed by atoms with E-state index in [0.29, 0.717) is 12.8 Å². The highest BCUT2D eigenvalue weighted by atomic mass is 16.2. The first-order chi connectivity index (χ1) is 7.74. The molecule has 0 spiro atoms. The molecule has 1 aliphatic rings. The van der Waals surface area contributed by atoms with Crippen LogP contribution in [0.25, 0.3) is 6.08 Å². The van der Waals surface area contributed by atoms with E-state index in [9.17, 15) is 4.79 Å². The lowest BCUT2D eigenvalue weighted by atomic mass is 10.1. The Labute approximate surface area is 93.8 Å². The molecule has 4 nitrogen and oxygen atoms in total. The standard InChI is InChI=1S/C12H13N3O/c13-10-3-1-2-9(8-10)4-5-11-6-7-12(16)15-14-11/h1-5,8H,6-7,13H2,(H,15,16). The summed E-state index contributed by atoms with van der Waals surface area (Å²) in [7, 11) is 0. The Balaban J connectivity index is 2.07. The van der Waals surface area contributed by atoms with Crippen LogP contribution in [-0.4, -0.2) is 11.6 Å². The number of benzene rings is 1. The van der Waals surface area contributed by atoms with E-state index in [2.05, 4.69) is 10.5 Å². The number of carbonyl (C=O) groups excluding carboxylic acids is 1. The maximum Gasteiger partial charge on any atom is 0.240 e. The summed E-state index contributed by atoms with van der Waals surface area (Å²) >= 11 is 0. The molecule has 0 atom stereocenters. The van der Waals surface area contributed by atoms with Gasteiger partial charge in [0.15, 0.2) is 0 Å². The minimum Gasteiger partial charge on any atom is -0.399 e. The number of nitrogens with one attached hydrogen (secondary N) is 1. The second-order valence-electron chi connectivity index (χ2n) is 3.64. The van der Waals surface area contributed by atoms with Crippen molar-refractivity contribution in [3.8, 4) is 0 Å². The molecule has 3 N–H and O–H groups in total. The lowest BCUT2D eigenvalue weighted by Crippen LogP contribution is -2.24. The molecule has 0 aliphatic carbocycles. The molecule has 0 unspecified atom stereocenters. The van der Waals surface area contributed by atoms with Crippen LogP contribution in [-0.2, 0) is 4.79 Å². The van der Waals surface area contributed by atoms with E-state index in [-0.39, 0.29) is 5.91 Å². The largest absolute Gasteiger partial charge is 0.399 e. The van der Waals surface area contributed by atoms with Gasteiger partial charge in [0.1, 0.15) is 0 Å². The van der Waals surface area contributed by atoms with Crippen LogP contribution in [0.4, 0.5) is 5.69 Å². The number of hydrazone groups is 1. The van der Waals surface area contributed by atoms with Gasteiger partial charge < -0.3 is 5.73 Å². The fraction of sp³-hybridized carbons (Fsp3) is 0.167. The van der Waals surface area contributed by atoms with E-state index >= 15 is 0 Å². The number of amides is 1. The number of rotatable bonds is 2. The van der Waals surface area contributed by atoms with E-state index in [4.69, 9.17) is 5.73 Å². The van der Waals surface area contributed by atoms with Gasteiger partial charge in [-0.1, -0.05) is 18.2 Å². The summed E-state index contributed by atoms with van der Waals surface area (Å²) in [6, 6.07) is 7.60. The van der Waals surface area contributed by atoms with Crippen molar-refractivity contribution in [3.05, 3.63) is 35.9 Å². The second-order valence-corrected chi connectivity index (χ2v) is 3.64. The molecule has 0 saturated heterocycles. The maximum atomic E-state index is 10.9. The molecule has 82 valence electrons. The summed E-state index contributed by atoms with van der Waals surface area (Å²) in [5.74, 6) is -0.0268. The lowest BCUT2D eigenvalue weighted by Gasteiger charge is -2.07. The van der Waals surface area contributed by atoms with Gasteiger partial charge in [-0.3, -0.25) is 4.79 Å². The van der Waals surface area contributed by atoms with Gasteiger partial charge in [0, 0.05) is 18.5 Å². The third-order valence-corrected chi connectivity index (χ3v) is 2.31. The van der Waals surface area contributed by atoms with Gasteiger partial charge in [0.2, 0.25) is 5.91 Å². The quantitative estimate of drug-likeness (QED) is 0.735. The third-order valence-electron chi connectivity index (χ3n) is 2.31. The van der Waals surface area contributed by atoms with Crippen molar-refractivity contribution in [2.24, 2.45) is 5.10 Å². The van der Waals surface area contributed by atoms with E-state index in [0.717, 1.165) is 17.0 Å². The first kappa shape index (κ1) is 10.4. The molecule has 0 fully saturated rings. The number of carbonyl (C=O) groups is 1. The predicted molar refractivity (Wildman–Crippen MR) is 64.7 cm³/mol. The van der Waals surface area contributed by atoms with Crippen molar-refractivity contribution in [3.63, 3.8) is 0 Å². The minimum absolute atomic E-state index is 0.0268. The molecule has 1 aliphatic heterocycles. The van der Waals surface area contributed by atoms with Crippen LogP contribution >= 0.6 is 0 Å². The molecule has 16 heavy (non-hydrogen) atoms. The zero-order valence-corrected chi connectivity index (χ0v) is 8.81. The molecule has 1 aromatic rings. The third kappa shape index (κ3) is 2.70. The highest BCUT2D eigenvalue weighted by molar-refractivity contribution is 6.02. The summed E-state index contributed by atoms with van der Waals surface area (Å²) < 4.78 is 0. The Hall–Kier alpha value is -2.10. The lowest BCUT2D eigenvalue weighted by molar-refractivity contribution is -0.121. The molecule has 2 rings (SSSR count). The Morgan fingerprint density at radius 3 is 2.88 bits per heavy atom. The van der Waals surface area contributed by atoms with Crippen LogP contribution in [0.5, 0.6) is 0 Å². The van der Waals surface area contributed by atoms with Crippen molar-refractivity contribution in [2.75, 3.05) is 5.73 Å². The summed E-state index contributed by atoms with van der Waals surface area (Å²) in [5.41, 5.74) is 10.8. The maximum absolute atomic E-state index is 10.9. The zero-order chi connectivity index (χ0) is 11.4. The van der Waals surface area contributed by atoms with Gasteiger partial charge in [0.05, 0.1) is 5.71 Å². The first-order valence-corrected chi connectivity index (χ1v) is 5.13. The Morgan fingerprint density at radius 2 is 2.19 bits per heavy atom. The molecule has 0 saturated carbocycles. The van der Waals surface area contributed by atoms with Crippen molar-refractivity contribution in [2.45, 2.75) is 12.8 Å². The van der Waals surface area contributed by atoms with Gasteiger partial charge in [0.25, 0.3) is 0 Å². The van der Waals surface area contributed by atoms with E-state index in [1.807, 2.05) is 36.4 Å². The van der Waals surface area contributed by atoms with Gasteiger partial charge in [-0.2, -0.15) is 5.10 Å². The number of hydrogen-bond acceptors (Lipinski definition) is 3. The van der Waals surface area contributed by atoms with E-state index in [1.54, 1.807) is 0 Å². The summed E-state index contributed by atoms with van der Waals surface area (Å²) in [4.78, 5) is 10.9. The molecule has 0 aromatic heterocycles. The molecule has 1 amide bonds. The molecule has 4 heteroatoms. The number of hydrogen-bond donors (Lipinski definition) is 2. The van der Waals surface area contributed by atoms with Crippen LogP contribution in [0.1, 0.15) is 18.4 Å². The Kier molecular flexibility index (Phi) is 3.00. The van der Waals surface area contributed by atoms with Gasteiger partial charge in [-0.15, -0.1) is 0 Å². The zero-order valence-electron chi connectivity index (χ0n) is 8.81. The normalized spacial score (nSPS) is 16.0. The first-order valence-electron chi connectivity index (χ1n) is 5.13. The topological polar surface area (TPSA) is 67.5 Å². The second kappa shape index (κ2) is 4.61. The van der Waals surface area contributed by atoms with E-state index in [1.165, 1.54) is 0 Å². The number of nitrogens with zero attached hydrogens (tertiary/aromatic N) is 1. The van der Waals surface area contributed by atoms with Crippen molar-refractivity contribution < 1.29 is 4.79 Å². The molecule has 0 radical (unpaired) electrons. The SMILES string of the molecule is Nc1cccc(C=CC2=NNC(=O)CC2)c1. The highest BCUT2D eigenvalue weighted by Crippen LogP contribution is 2.09. The van der Waals surface area contributed by atoms with Crippen LogP contribution in [0, 0.1) is 0 Å². The number of nitrogens with two attached hydrogens (primary N) is 1. The van der Waals surface area contributed by atoms with Crippen molar-refractivity contribution in [1.82, 2.24) is 5.43 Å². The van der Waals surface area contributed by atoms with Crippen LogP contribution in [0.3, 0.4) is 0 Å².